The molecule has 0 aromatic heterocycles. The van der Waals surface area contributed by atoms with Crippen molar-refractivity contribution in [2.45, 2.75) is 64.7 Å². The van der Waals surface area contributed by atoms with Crippen molar-refractivity contribution in [3.63, 3.8) is 0 Å². The zero-order chi connectivity index (χ0) is 18.8. The molecule has 1 aromatic rings. The average Bonchev–Trinajstić information content (AvgIpc) is 2.59. The van der Waals surface area contributed by atoms with E-state index in [0.717, 1.165) is 19.3 Å². The van der Waals surface area contributed by atoms with Gasteiger partial charge in [-0.3, -0.25) is 0 Å². The van der Waals surface area contributed by atoms with E-state index in [-0.39, 0.29) is 17.1 Å². The Labute approximate surface area is 149 Å². The van der Waals surface area contributed by atoms with E-state index in [4.69, 9.17) is 9.47 Å². The van der Waals surface area contributed by atoms with Gasteiger partial charge < -0.3 is 24.8 Å². The number of benzene rings is 1. The number of phenolic OH excluding ortho intramolecular Hbond substituents is 1. The largest absolute Gasteiger partial charge is 0.504 e. The number of aromatic hydroxyl groups is 2. The van der Waals surface area contributed by atoms with Gasteiger partial charge in [0.1, 0.15) is 5.56 Å². The van der Waals surface area contributed by atoms with Crippen molar-refractivity contribution >= 4 is 5.97 Å². The fourth-order valence-electron chi connectivity index (χ4n) is 3.04. The molecule has 0 saturated heterocycles. The topological polar surface area (TPSA) is 96.2 Å². The highest BCUT2D eigenvalue weighted by Gasteiger charge is 2.28. The predicted molar refractivity (Wildman–Crippen MR) is 96.1 cm³/mol. The highest BCUT2D eigenvalue weighted by atomic mass is 16.5. The van der Waals surface area contributed by atoms with Crippen molar-refractivity contribution in [3.8, 4) is 23.0 Å². The van der Waals surface area contributed by atoms with Crippen LogP contribution in [0.3, 0.4) is 0 Å². The lowest BCUT2D eigenvalue weighted by Gasteiger charge is -2.18. The highest BCUT2D eigenvalue weighted by molar-refractivity contribution is 5.95. The van der Waals surface area contributed by atoms with E-state index < -0.39 is 17.5 Å². The Balaban J connectivity index is 2.83. The standard InChI is InChI=1S/C19H30O6/c1-4-5-6-7-8-9-10-11-12-13-14(19(22)23)15(20)16(21)18(25-3)17(13)24-2/h20-21H,4-12H2,1-3H3,(H,22,23). The van der Waals surface area contributed by atoms with Crippen molar-refractivity contribution < 1.29 is 29.6 Å². The van der Waals surface area contributed by atoms with Crippen LogP contribution in [0.4, 0.5) is 0 Å². The van der Waals surface area contributed by atoms with Gasteiger partial charge in [-0.1, -0.05) is 51.9 Å². The summed E-state index contributed by atoms with van der Waals surface area (Å²) < 4.78 is 10.3. The number of carboxylic acids is 1. The van der Waals surface area contributed by atoms with E-state index in [1.807, 2.05) is 0 Å². The molecule has 0 unspecified atom stereocenters. The van der Waals surface area contributed by atoms with Gasteiger partial charge in [0.15, 0.2) is 11.5 Å². The van der Waals surface area contributed by atoms with E-state index in [1.165, 1.54) is 46.3 Å². The summed E-state index contributed by atoms with van der Waals surface area (Å²) in [5, 5.41) is 29.4. The molecule has 1 aromatic carbocycles. The number of hydrogen-bond acceptors (Lipinski definition) is 5. The molecule has 0 amide bonds. The maximum atomic E-state index is 11.5. The van der Waals surface area contributed by atoms with Crippen LogP contribution in [0.15, 0.2) is 0 Å². The fraction of sp³-hybridized carbons (Fsp3) is 0.632. The van der Waals surface area contributed by atoms with Crippen molar-refractivity contribution in [2.24, 2.45) is 0 Å². The van der Waals surface area contributed by atoms with Gasteiger partial charge in [-0.15, -0.1) is 0 Å². The SMILES string of the molecule is CCCCCCCCCCc1c(OC)c(OC)c(O)c(O)c1C(=O)O. The summed E-state index contributed by atoms with van der Waals surface area (Å²) in [5.41, 5.74) is 0.0335. The Morgan fingerprint density at radius 3 is 1.84 bits per heavy atom. The van der Waals surface area contributed by atoms with Gasteiger partial charge in [0.25, 0.3) is 0 Å². The van der Waals surface area contributed by atoms with Crippen LogP contribution in [0.1, 0.15) is 74.2 Å². The highest BCUT2D eigenvalue weighted by Crippen LogP contribution is 2.48. The number of aromatic carboxylic acids is 1. The number of carboxylic acid groups (broad SMARTS) is 1. The van der Waals surface area contributed by atoms with Crippen LogP contribution in [0.25, 0.3) is 0 Å². The second-order valence-corrected chi connectivity index (χ2v) is 6.15. The third-order valence-electron chi connectivity index (χ3n) is 4.36. The molecule has 142 valence electrons. The lowest BCUT2D eigenvalue weighted by atomic mass is 9.97. The van der Waals surface area contributed by atoms with Gasteiger partial charge >= 0.3 is 5.97 Å². The first-order valence-corrected chi connectivity index (χ1v) is 8.91. The number of methoxy groups -OCH3 is 2. The van der Waals surface area contributed by atoms with E-state index in [1.54, 1.807) is 0 Å². The van der Waals surface area contributed by atoms with E-state index >= 15 is 0 Å². The summed E-state index contributed by atoms with van der Waals surface area (Å²) in [5.74, 6) is -2.47. The minimum Gasteiger partial charge on any atom is -0.504 e. The minimum atomic E-state index is -1.30. The van der Waals surface area contributed by atoms with Crippen LogP contribution in [-0.2, 0) is 6.42 Å². The summed E-state index contributed by atoms with van der Waals surface area (Å²) in [6.07, 6.45) is 9.43. The summed E-state index contributed by atoms with van der Waals surface area (Å²) in [6.45, 7) is 2.19. The molecule has 0 heterocycles. The molecule has 0 aliphatic heterocycles. The van der Waals surface area contributed by atoms with E-state index in [0.29, 0.717) is 12.0 Å². The predicted octanol–water partition coefficient (Wildman–Crippen LogP) is 4.50. The molecule has 0 atom stereocenters. The Kier molecular flexibility index (Phi) is 8.95. The minimum absolute atomic E-state index is 0.0421. The van der Waals surface area contributed by atoms with Gasteiger partial charge in [-0.05, 0) is 12.8 Å². The molecule has 0 saturated carbocycles. The smallest absolute Gasteiger partial charge is 0.340 e. The molecule has 0 spiro atoms. The fourth-order valence-corrected chi connectivity index (χ4v) is 3.04. The molecule has 6 heteroatoms. The van der Waals surface area contributed by atoms with E-state index in [2.05, 4.69) is 6.92 Å². The molecule has 1 rings (SSSR count). The molecule has 0 bridgehead atoms. The second-order valence-electron chi connectivity index (χ2n) is 6.15. The molecule has 6 nitrogen and oxygen atoms in total. The summed E-state index contributed by atoms with van der Waals surface area (Å²) in [6, 6.07) is 0. The number of ether oxygens (including phenoxy) is 2. The number of unbranched alkanes of at least 4 members (excludes halogenated alkanes) is 7. The lowest BCUT2D eigenvalue weighted by molar-refractivity contribution is 0.0690. The van der Waals surface area contributed by atoms with Gasteiger partial charge in [0, 0.05) is 5.56 Å². The second kappa shape index (κ2) is 10.7. The number of hydrogen-bond donors (Lipinski definition) is 3. The average molecular weight is 354 g/mol. The van der Waals surface area contributed by atoms with Crippen molar-refractivity contribution in [1.82, 2.24) is 0 Å². The van der Waals surface area contributed by atoms with Crippen LogP contribution in [0.2, 0.25) is 0 Å². The van der Waals surface area contributed by atoms with Gasteiger partial charge in [-0.25, -0.2) is 4.79 Å². The molecular weight excluding hydrogens is 324 g/mol. The third-order valence-corrected chi connectivity index (χ3v) is 4.36. The van der Waals surface area contributed by atoms with Crippen LogP contribution >= 0.6 is 0 Å². The first-order valence-electron chi connectivity index (χ1n) is 8.91. The first-order chi connectivity index (χ1) is 12.0. The zero-order valence-electron chi connectivity index (χ0n) is 15.4. The zero-order valence-corrected chi connectivity index (χ0v) is 15.4. The molecule has 25 heavy (non-hydrogen) atoms. The van der Waals surface area contributed by atoms with Crippen LogP contribution in [0.5, 0.6) is 23.0 Å². The normalized spacial score (nSPS) is 10.7. The molecule has 0 aliphatic rings. The van der Waals surface area contributed by atoms with Crippen molar-refractivity contribution in [3.05, 3.63) is 11.1 Å². The maximum Gasteiger partial charge on any atom is 0.340 e. The molecule has 3 N–H and O–H groups in total. The number of carbonyl (C=O) groups is 1. The van der Waals surface area contributed by atoms with E-state index in [9.17, 15) is 20.1 Å². The Bertz CT molecular complexity index is 568. The third kappa shape index (κ3) is 5.44. The quantitative estimate of drug-likeness (QED) is 0.378. The summed E-state index contributed by atoms with van der Waals surface area (Å²) in [7, 11) is 2.72. The van der Waals surface area contributed by atoms with Gasteiger partial charge in [-0.2, -0.15) is 0 Å². The Morgan fingerprint density at radius 2 is 1.36 bits per heavy atom. The molecule has 0 aliphatic carbocycles. The molecular formula is C19H30O6. The molecule has 0 fully saturated rings. The molecule has 0 radical (unpaired) electrons. The Hall–Kier alpha value is -2.11. The van der Waals surface area contributed by atoms with Crippen LogP contribution < -0.4 is 9.47 Å². The first kappa shape index (κ1) is 20.9. The van der Waals surface area contributed by atoms with Crippen LogP contribution in [-0.4, -0.2) is 35.5 Å². The number of phenols is 2. The van der Waals surface area contributed by atoms with Crippen molar-refractivity contribution in [2.75, 3.05) is 14.2 Å². The number of rotatable bonds is 12. The maximum absolute atomic E-state index is 11.5. The Morgan fingerprint density at radius 1 is 0.840 bits per heavy atom. The monoisotopic (exact) mass is 354 g/mol. The lowest BCUT2D eigenvalue weighted by Crippen LogP contribution is -2.07. The summed E-state index contributed by atoms with van der Waals surface area (Å²) in [4.78, 5) is 11.5. The van der Waals surface area contributed by atoms with Gasteiger partial charge in [0.2, 0.25) is 11.5 Å². The summed E-state index contributed by atoms with van der Waals surface area (Å²) >= 11 is 0. The van der Waals surface area contributed by atoms with Crippen molar-refractivity contribution in [1.29, 1.82) is 0 Å². The van der Waals surface area contributed by atoms with Gasteiger partial charge in [0.05, 0.1) is 14.2 Å². The van der Waals surface area contributed by atoms with Crippen LogP contribution in [0, 0.1) is 0 Å².